The first-order valence-electron chi connectivity index (χ1n) is 5.68. The van der Waals surface area contributed by atoms with Crippen molar-refractivity contribution in [3.8, 4) is 0 Å². The summed E-state index contributed by atoms with van der Waals surface area (Å²) < 4.78 is 27.5. The number of rotatable bonds is 4. The molecule has 0 radical (unpaired) electrons. The third-order valence-electron chi connectivity index (χ3n) is 2.69. The molecule has 0 amide bonds. The number of anilines is 1. The molecule has 2 rings (SSSR count). The highest BCUT2D eigenvalue weighted by molar-refractivity contribution is 9.10. The van der Waals surface area contributed by atoms with Crippen molar-refractivity contribution in [2.24, 2.45) is 0 Å². The van der Waals surface area contributed by atoms with Crippen molar-refractivity contribution in [1.82, 2.24) is 0 Å². The first kappa shape index (κ1) is 14.5. The van der Waals surface area contributed by atoms with Gasteiger partial charge in [-0.15, -0.1) is 0 Å². The molecule has 0 saturated carbocycles. The molecule has 0 atom stereocenters. The van der Waals surface area contributed by atoms with Gasteiger partial charge in [0.25, 0.3) is 0 Å². The highest BCUT2D eigenvalue weighted by Crippen LogP contribution is 2.18. The minimum atomic E-state index is -1.35. The second-order valence-corrected chi connectivity index (χ2v) is 5.00. The molecule has 0 aliphatic rings. The van der Waals surface area contributed by atoms with Gasteiger partial charge >= 0.3 is 5.97 Å². The number of aromatic carboxylic acids is 1. The van der Waals surface area contributed by atoms with Gasteiger partial charge in [-0.1, -0.05) is 22.0 Å². The molecule has 2 aromatic carbocycles. The van der Waals surface area contributed by atoms with Gasteiger partial charge in [0.2, 0.25) is 0 Å². The number of carboxylic acids is 1. The third-order valence-corrected chi connectivity index (χ3v) is 3.19. The smallest absolute Gasteiger partial charge is 0.338 e. The molecule has 0 aliphatic carbocycles. The number of carboxylic acid groups (broad SMARTS) is 1. The van der Waals surface area contributed by atoms with E-state index < -0.39 is 17.3 Å². The lowest BCUT2D eigenvalue weighted by Gasteiger charge is -2.09. The molecular weight excluding hydrogens is 332 g/mol. The number of hydrogen-bond acceptors (Lipinski definition) is 2. The summed E-state index contributed by atoms with van der Waals surface area (Å²) in [6.07, 6.45) is 0. The van der Waals surface area contributed by atoms with Crippen LogP contribution in [0.2, 0.25) is 0 Å². The van der Waals surface area contributed by atoms with Crippen LogP contribution < -0.4 is 5.32 Å². The van der Waals surface area contributed by atoms with Gasteiger partial charge in [-0.25, -0.2) is 13.6 Å². The number of carbonyl (C=O) groups is 1. The molecule has 20 heavy (non-hydrogen) atoms. The molecule has 0 heterocycles. The van der Waals surface area contributed by atoms with Gasteiger partial charge in [0, 0.05) is 22.3 Å². The summed E-state index contributed by atoms with van der Waals surface area (Å²) in [6, 6.07) is 8.28. The average molecular weight is 342 g/mol. The minimum absolute atomic E-state index is 0.170. The zero-order chi connectivity index (χ0) is 14.7. The summed E-state index contributed by atoms with van der Waals surface area (Å²) in [5.74, 6) is -2.54. The molecule has 0 saturated heterocycles. The van der Waals surface area contributed by atoms with Crippen LogP contribution in [0, 0.1) is 11.6 Å². The molecule has 2 aromatic rings. The van der Waals surface area contributed by atoms with Gasteiger partial charge in [-0.2, -0.15) is 0 Å². The lowest BCUT2D eigenvalue weighted by molar-refractivity contribution is 0.0692. The number of nitrogens with one attached hydrogen (secondary N) is 1. The highest BCUT2D eigenvalue weighted by atomic mass is 79.9. The molecule has 0 fully saturated rings. The third kappa shape index (κ3) is 3.33. The summed E-state index contributed by atoms with van der Waals surface area (Å²) in [6.45, 7) is 0.170. The van der Waals surface area contributed by atoms with E-state index in [2.05, 4.69) is 21.2 Å². The van der Waals surface area contributed by atoms with E-state index in [4.69, 9.17) is 5.11 Å². The zero-order valence-corrected chi connectivity index (χ0v) is 11.7. The Morgan fingerprint density at radius 2 is 1.90 bits per heavy atom. The Morgan fingerprint density at radius 3 is 2.55 bits per heavy atom. The summed E-state index contributed by atoms with van der Waals surface area (Å²) in [5, 5.41) is 11.7. The van der Waals surface area contributed by atoms with Crippen LogP contribution in [-0.4, -0.2) is 11.1 Å². The van der Waals surface area contributed by atoms with Crippen LogP contribution in [0.4, 0.5) is 14.5 Å². The first-order chi connectivity index (χ1) is 9.47. The Hall–Kier alpha value is -1.95. The van der Waals surface area contributed by atoms with E-state index in [9.17, 15) is 13.6 Å². The van der Waals surface area contributed by atoms with Crippen molar-refractivity contribution in [1.29, 1.82) is 0 Å². The van der Waals surface area contributed by atoms with Crippen molar-refractivity contribution in [2.45, 2.75) is 6.54 Å². The normalized spacial score (nSPS) is 10.3. The molecule has 2 N–H and O–H groups in total. The standard InChI is InChI=1S/C14H10BrF2NO2/c15-9-2-1-8(13(17)5-9)7-18-10-3-4-12(16)11(6-10)14(19)20/h1-6,18H,7H2,(H,19,20). The van der Waals surface area contributed by atoms with E-state index in [-0.39, 0.29) is 12.4 Å². The monoisotopic (exact) mass is 341 g/mol. The maximum absolute atomic E-state index is 13.6. The van der Waals surface area contributed by atoms with E-state index in [0.717, 1.165) is 6.07 Å². The quantitative estimate of drug-likeness (QED) is 0.882. The van der Waals surface area contributed by atoms with E-state index in [1.54, 1.807) is 12.1 Å². The Balaban J connectivity index is 2.15. The number of hydrogen-bond donors (Lipinski definition) is 2. The van der Waals surface area contributed by atoms with Crippen molar-refractivity contribution >= 4 is 27.6 Å². The van der Waals surface area contributed by atoms with E-state index in [1.165, 1.54) is 18.2 Å². The maximum atomic E-state index is 13.6. The van der Waals surface area contributed by atoms with Crippen molar-refractivity contribution in [3.63, 3.8) is 0 Å². The van der Waals surface area contributed by atoms with Crippen LogP contribution in [-0.2, 0) is 6.54 Å². The number of benzene rings is 2. The summed E-state index contributed by atoms with van der Waals surface area (Å²) in [7, 11) is 0. The van der Waals surface area contributed by atoms with Crippen molar-refractivity contribution in [2.75, 3.05) is 5.32 Å². The van der Waals surface area contributed by atoms with E-state index in [1.807, 2.05) is 0 Å². The van der Waals surface area contributed by atoms with Gasteiger partial charge < -0.3 is 10.4 Å². The van der Waals surface area contributed by atoms with E-state index in [0.29, 0.717) is 15.7 Å². The fourth-order valence-corrected chi connectivity index (χ4v) is 1.99. The van der Waals surface area contributed by atoms with Crippen LogP contribution in [0.1, 0.15) is 15.9 Å². The Morgan fingerprint density at radius 1 is 1.15 bits per heavy atom. The Bertz CT molecular complexity index is 662. The number of halogens is 3. The topological polar surface area (TPSA) is 49.3 Å². The minimum Gasteiger partial charge on any atom is -0.478 e. The fourth-order valence-electron chi connectivity index (χ4n) is 1.66. The largest absolute Gasteiger partial charge is 0.478 e. The SMILES string of the molecule is O=C(O)c1cc(NCc2ccc(Br)cc2F)ccc1F. The summed E-state index contributed by atoms with van der Waals surface area (Å²) in [4.78, 5) is 10.8. The molecule has 0 unspecified atom stereocenters. The molecular formula is C14H10BrF2NO2. The molecule has 6 heteroatoms. The van der Waals surface area contributed by atoms with Crippen LogP contribution in [0.15, 0.2) is 40.9 Å². The Kier molecular flexibility index (Phi) is 4.34. The van der Waals surface area contributed by atoms with Crippen LogP contribution in [0.5, 0.6) is 0 Å². The summed E-state index contributed by atoms with van der Waals surface area (Å²) >= 11 is 3.16. The molecule has 104 valence electrons. The fraction of sp³-hybridized carbons (Fsp3) is 0.0714. The van der Waals surface area contributed by atoms with E-state index >= 15 is 0 Å². The molecule has 3 nitrogen and oxygen atoms in total. The van der Waals surface area contributed by atoms with Crippen LogP contribution >= 0.6 is 15.9 Å². The zero-order valence-electron chi connectivity index (χ0n) is 10.2. The van der Waals surface area contributed by atoms with Crippen LogP contribution in [0.3, 0.4) is 0 Å². The second kappa shape index (κ2) is 6.00. The maximum Gasteiger partial charge on any atom is 0.338 e. The predicted octanol–water partition coefficient (Wildman–Crippen LogP) is 4.04. The lowest BCUT2D eigenvalue weighted by Crippen LogP contribution is -2.05. The van der Waals surface area contributed by atoms with Gasteiger partial charge in [0.1, 0.15) is 11.6 Å². The molecule has 0 bridgehead atoms. The molecule has 0 aliphatic heterocycles. The van der Waals surface area contributed by atoms with Crippen molar-refractivity contribution < 1.29 is 18.7 Å². The molecule has 0 aromatic heterocycles. The highest BCUT2D eigenvalue weighted by Gasteiger charge is 2.11. The van der Waals surface area contributed by atoms with Crippen LogP contribution in [0.25, 0.3) is 0 Å². The Labute approximate surface area is 122 Å². The second-order valence-electron chi connectivity index (χ2n) is 4.09. The first-order valence-corrected chi connectivity index (χ1v) is 6.47. The van der Waals surface area contributed by atoms with Crippen molar-refractivity contribution in [3.05, 3.63) is 63.6 Å². The van der Waals surface area contributed by atoms with Gasteiger partial charge in [0.15, 0.2) is 0 Å². The van der Waals surface area contributed by atoms with Gasteiger partial charge in [-0.05, 0) is 30.3 Å². The molecule has 0 spiro atoms. The van der Waals surface area contributed by atoms with Gasteiger partial charge in [0.05, 0.1) is 5.56 Å². The summed E-state index contributed by atoms with van der Waals surface area (Å²) in [5.41, 5.74) is 0.409. The van der Waals surface area contributed by atoms with Gasteiger partial charge in [-0.3, -0.25) is 0 Å². The lowest BCUT2D eigenvalue weighted by atomic mass is 10.1. The average Bonchev–Trinajstić information content (AvgIpc) is 2.39. The predicted molar refractivity (Wildman–Crippen MR) is 74.8 cm³/mol.